The predicted octanol–water partition coefficient (Wildman–Crippen LogP) is 7.03. The monoisotopic (exact) mass is 404 g/mol. The third-order valence-corrected chi connectivity index (χ3v) is 11.6. The molecule has 0 amide bonds. The van der Waals surface area contributed by atoms with Gasteiger partial charge in [0.2, 0.25) is 8.32 Å². The average molecular weight is 406 g/mol. The van der Waals surface area contributed by atoms with Crippen molar-refractivity contribution in [3.05, 3.63) is 11.8 Å². The third-order valence-electron chi connectivity index (χ3n) is 4.17. The number of rotatable bonds is 9. The molecule has 22 heavy (non-hydrogen) atoms. The van der Waals surface area contributed by atoms with Crippen molar-refractivity contribution in [3.63, 3.8) is 0 Å². The van der Waals surface area contributed by atoms with Crippen molar-refractivity contribution >= 4 is 47.8 Å². The van der Waals surface area contributed by atoms with Crippen molar-refractivity contribution in [2.45, 2.75) is 84.5 Å². The standard InChI is InChI=1S/C15H31Cl3O2Si2/c1-9-15(20-22(16,17)18)10-14(8)19-21(11(2)3,12(4)5)13(6)7/h9,11-14H,10H2,1-8H3/b15-9+/t14-/m0/s1. The molecule has 0 radical (unpaired) electrons. The van der Waals surface area contributed by atoms with Gasteiger partial charge in [0.1, 0.15) is 0 Å². The van der Waals surface area contributed by atoms with E-state index in [9.17, 15) is 0 Å². The second-order valence-electron chi connectivity index (χ2n) is 6.75. The van der Waals surface area contributed by atoms with Gasteiger partial charge >= 0.3 is 6.25 Å². The maximum Gasteiger partial charge on any atom is 0.555 e. The van der Waals surface area contributed by atoms with Gasteiger partial charge in [-0.05, 0) is 30.5 Å². The first-order valence-electron chi connectivity index (χ1n) is 7.95. The van der Waals surface area contributed by atoms with Gasteiger partial charge < -0.3 is 8.85 Å². The highest BCUT2D eigenvalue weighted by molar-refractivity contribution is 7.62. The zero-order valence-corrected chi connectivity index (χ0v) is 19.3. The molecule has 0 aromatic heterocycles. The minimum absolute atomic E-state index is 0.0476. The summed E-state index contributed by atoms with van der Waals surface area (Å²) in [5, 5.41) is 0. The van der Waals surface area contributed by atoms with Gasteiger partial charge in [0.15, 0.2) is 0 Å². The van der Waals surface area contributed by atoms with Crippen LogP contribution in [0.15, 0.2) is 11.8 Å². The fraction of sp³-hybridized carbons (Fsp3) is 0.867. The summed E-state index contributed by atoms with van der Waals surface area (Å²) < 4.78 is 12.2. The molecule has 132 valence electrons. The van der Waals surface area contributed by atoms with Crippen LogP contribution in [0.4, 0.5) is 0 Å². The number of halogens is 3. The van der Waals surface area contributed by atoms with Crippen molar-refractivity contribution < 1.29 is 8.85 Å². The van der Waals surface area contributed by atoms with E-state index in [0.717, 1.165) is 0 Å². The van der Waals surface area contributed by atoms with E-state index in [1.807, 2.05) is 13.0 Å². The molecule has 1 atom stereocenters. The Labute approximate surface area is 152 Å². The van der Waals surface area contributed by atoms with Gasteiger partial charge in [-0.15, -0.1) is 0 Å². The van der Waals surface area contributed by atoms with Crippen LogP contribution in [0.2, 0.25) is 16.6 Å². The fourth-order valence-corrected chi connectivity index (χ4v) is 10.4. The van der Waals surface area contributed by atoms with E-state index in [4.69, 9.17) is 42.1 Å². The third kappa shape index (κ3) is 6.74. The largest absolute Gasteiger partial charge is 0.555 e. The molecule has 0 heterocycles. The van der Waals surface area contributed by atoms with Crippen molar-refractivity contribution in [2.24, 2.45) is 0 Å². The molecule has 0 unspecified atom stereocenters. The molecule has 0 rings (SSSR count). The highest BCUT2D eigenvalue weighted by Crippen LogP contribution is 2.43. The molecule has 2 nitrogen and oxygen atoms in total. The second-order valence-corrected chi connectivity index (χ2v) is 19.8. The van der Waals surface area contributed by atoms with Gasteiger partial charge in [-0.3, -0.25) is 0 Å². The number of hydrogen-bond acceptors (Lipinski definition) is 2. The van der Waals surface area contributed by atoms with Crippen molar-refractivity contribution in [1.29, 1.82) is 0 Å². The SMILES string of the molecule is C/C=C(\C[C@H](C)O[Si](C(C)C)(C(C)C)C(C)C)O[Si](Cl)(Cl)Cl. The van der Waals surface area contributed by atoms with Crippen LogP contribution in [0.3, 0.4) is 0 Å². The van der Waals surface area contributed by atoms with Gasteiger partial charge in [-0.25, -0.2) is 0 Å². The van der Waals surface area contributed by atoms with E-state index in [1.54, 1.807) is 0 Å². The summed E-state index contributed by atoms with van der Waals surface area (Å²) in [7, 11) is -1.90. The first-order valence-corrected chi connectivity index (χ1v) is 15.0. The van der Waals surface area contributed by atoms with Crippen LogP contribution in [-0.2, 0) is 8.85 Å². The lowest BCUT2D eigenvalue weighted by Gasteiger charge is -2.44. The van der Waals surface area contributed by atoms with Gasteiger partial charge in [0, 0.05) is 12.5 Å². The van der Waals surface area contributed by atoms with Crippen LogP contribution in [0.25, 0.3) is 0 Å². The maximum absolute atomic E-state index is 6.67. The molecule has 0 saturated carbocycles. The maximum atomic E-state index is 6.67. The molecule has 0 saturated heterocycles. The van der Waals surface area contributed by atoms with Crippen LogP contribution in [0, 0.1) is 0 Å². The van der Waals surface area contributed by atoms with Gasteiger partial charge in [-0.2, -0.15) is 0 Å². The summed E-state index contributed by atoms with van der Waals surface area (Å²) in [5.41, 5.74) is 1.65. The Morgan fingerprint density at radius 3 is 1.59 bits per heavy atom. The zero-order valence-electron chi connectivity index (χ0n) is 15.0. The Kier molecular flexibility index (Phi) is 9.67. The van der Waals surface area contributed by atoms with Crippen LogP contribution >= 0.6 is 33.2 Å². The molecule has 0 fully saturated rings. The van der Waals surface area contributed by atoms with Crippen molar-refractivity contribution in [1.82, 2.24) is 0 Å². The van der Waals surface area contributed by atoms with Crippen molar-refractivity contribution in [3.8, 4) is 0 Å². The van der Waals surface area contributed by atoms with E-state index in [0.29, 0.717) is 28.8 Å². The van der Waals surface area contributed by atoms with Crippen LogP contribution in [-0.4, -0.2) is 20.7 Å². The predicted molar refractivity (Wildman–Crippen MR) is 104 cm³/mol. The van der Waals surface area contributed by atoms with Crippen LogP contribution in [0.5, 0.6) is 0 Å². The normalized spacial score (nSPS) is 15.8. The number of allylic oxidation sites excluding steroid dienone is 1. The Morgan fingerprint density at radius 2 is 1.32 bits per heavy atom. The smallest absolute Gasteiger partial charge is 0.512 e. The lowest BCUT2D eigenvalue weighted by atomic mass is 10.2. The first kappa shape index (κ1) is 22.8. The van der Waals surface area contributed by atoms with E-state index >= 15 is 0 Å². The van der Waals surface area contributed by atoms with Gasteiger partial charge in [-0.1, -0.05) is 80.9 Å². The molecule has 0 N–H and O–H groups in total. The van der Waals surface area contributed by atoms with E-state index in [2.05, 4.69) is 48.5 Å². The second kappa shape index (κ2) is 9.33. The Bertz CT molecular complexity index is 345. The quantitative estimate of drug-likeness (QED) is 0.233. The summed E-state index contributed by atoms with van der Waals surface area (Å²) in [6, 6.07) is 0. The summed E-state index contributed by atoms with van der Waals surface area (Å²) in [4.78, 5) is 0. The molecular formula is C15H31Cl3O2Si2. The number of hydrogen-bond donors (Lipinski definition) is 0. The van der Waals surface area contributed by atoms with Crippen molar-refractivity contribution in [2.75, 3.05) is 0 Å². The molecule has 0 spiro atoms. The summed E-state index contributed by atoms with van der Waals surface area (Å²) in [5.74, 6) is 0.707. The first-order chi connectivity index (χ1) is 9.86. The molecular weight excluding hydrogens is 375 g/mol. The van der Waals surface area contributed by atoms with E-state index < -0.39 is 14.6 Å². The minimum Gasteiger partial charge on any atom is -0.512 e. The van der Waals surface area contributed by atoms with Gasteiger partial charge in [0.25, 0.3) is 0 Å². The summed E-state index contributed by atoms with van der Waals surface area (Å²) >= 11 is 17.5. The zero-order chi connectivity index (χ0) is 17.7. The molecule has 0 aliphatic carbocycles. The van der Waals surface area contributed by atoms with Gasteiger partial charge in [0.05, 0.1) is 5.76 Å². The molecule has 0 aromatic carbocycles. The highest BCUT2D eigenvalue weighted by atomic mass is 35.8. The Hall–Kier alpha value is 0.804. The molecule has 0 bridgehead atoms. The molecule has 0 aliphatic rings. The van der Waals surface area contributed by atoms with Crippen LogP contribution in [0.1, 0.15) is 61.8 Å². The fourth-order valence-electron chi connectivity index (χ4n) is 3.45. The summed E-state index contributed by atoms with van der Waals surface area (Å²) in [6.45, 7) is 17.6. The van der Waals surface area contributed by atoms with E-state index in [-0.39, 0.29) is 6.10 Å². The molecule has 0 aliphatic heterocycles. The Morgan fingerprint density at radius 1 is 0.909 bits per heavy atom. The molecule has 0 aromatic rings. The Balaban J connectivity index is 5.09. The van der Waals surface area contributed by atoms with E-state index in [1.165, 1.54) is 0 Å². The average Bonchev–Trinajstić information content (AvgIpc) is 2.31. The topological polar surface area (TPSA) is 18.5 Å². The summed E-state index contributed by atoms with van der Waals surface area (Å²) in [6.07, 6.45) is -0.584. The lowest BCUT2D eigenvalue weighted by molar-refractivity contribution is 0.178. The lowest BCUT2D eigenvalue weighted by Crippen LogP contribution is -2.49. The molecule has 7 heteroatoms. The highest BCUT2D eigenvalue weighted by Gasteiger charge is 2.46. The van der Waals surface area contributed by atoms with Crippen LogP contribution < -0.4 is 0 Å². The minimum atomic E-state index is -3.13.